The van der Waals surface area contributed by atoms with Gasteiger partial charge in [0.05, 0.1) is 6.42 Å². The number of rotatable bonds is 0. The molecule has 1 heterocycles. The van der Waals surface area contributed by atoms with Gasteiger partial charge in [-0.25, -0.2) is 19.4 Å². The topological polar surface area (TPSA) is 69.7 Å². The molecular formula is C5H4O5. The lowest BCUT2D eigenvalue weighted by molar-refractivity contribution is -0.253. The molecule has 5 nitrogen and oxygen atoms in total. The highest BCUT2D eigenvalue weighted by molar-refractivity contribution is 6.34. The summed E-state index contributed by atoms with van der Waals surface area (Å²) in [5, 5.41) is 0. The van der Waals surface area contributed by atoms with Crippen molar-refractivity contribution in [1.29, 1.82) is 0 Å². The Bertz CT molecular complexity index is 174. The molecule has 1 aliphatic rings. The summed E-state index contributed by atoms with van der Waals surface area (Å²) in [6.45, 7) is 0. The maximum atomic E-state index is 10.5. The minimum absolute atomic E-state index is 0.0927. The first-order valence-electron chi connectivity index (χ1n) is 2.64. The van der Waals surface area contributed by atoms with E-state index in [-0.39, 0.29) is 12.8 Å². The predicted molar refractivity (Wildman–Crippen MR) is 26.4 cm³/mol. The minimum atomic E-state index is -1.11. The maximum absolute atomic E-state index is 10.5. The van der Waals surface area contributed by atoms with Crippen molar-refractivity contribution in [2.75, 3.05) is 0 Å². The predicted octanol–water partition coefficient (Wildman–Crippen LogP) is -0.649. The van der Waals surface area contributed by atoms with Crippen LogP contribution < -0.4 is 0 Å². The first-order chi connectivity index (χ1) is 4.70. The van der Waals surface area contributed by atoms with Gasteiger partial charge in [0, 0.05) is 6.42 Å². The van der Waals surface area contributed by atoms with Crippen LogP contribution in [0.2, 0.25) is 0 Å². The third-order valence-corrected chi connectivity index (χ3v) is 0.994. The van der Waals surface area contributed by atoms with Crippen molar-refractivity contribution in [2.24, 2.45) is 0 Å². The second-order valence-electron chi connectivity index (χ2n) is 1.75. The summed E-state index contributed by atoms with van der Waals surface area (Å²) in [7, 11) is 0. The number of Topliss-reactive ketones (excluding diaryl/α,β-unsaturated/α-hetero) is 1. The molecule has 0 bridgehead atoms. The molecule has 0 spiro atoms. The van der Waals surface area contributed by atoms with Gasteiger partial charge in [-0.05, 0) is 0 Å². The van der Waals surface area contributed by atoms with Gasteiger partial charge in [-0.15, -0.1) is 0 Å². The Kier molecular flexibility index (Phi) is 1.66. The van der Waals surface area contributed by atoms with E-state index in [1.165, 1.54) is 0 Å². The van der Waals surface area contributed by atoms with Crippen LogP contribution in [-0.4, -0.2) is 17.7 Å². The van der Waals surface area contributed by atoms with E-state index in [0.717, 1.165) is 0 Å². The number of carbonyl (C=O) groups excluding carboxylic acids is 3. The first-order valence-corrected chi connectivity index (χ1v) is 2.64. The summed E-state index contributed by atoms with van der Waals surface area (Å²) in [6.07, 6.45) is -0.220. The maximum Gasteiger partial charge on any atom is 0.421 e. The Morgan fingerprint density at radius 3 is 2.40 bits per heavy atom. The average Bonchev–Trinajstić information content (AvgIpc) is 2.04. The molecule has 10 heavy (non-hydrogen) atoms. The molecule has 0 aliphatic carbocycles. The van der Waals surface area contributed by atoms with Gasteiger partial charge in [0.15, 0.2) is 0 Å². The van der Waals surface area contributed by atoms with Crippen LogP contribution in [0.1, 0.15) is 12.8 Å². The normalized spacial score (nSPS) is 19.4. The largest absolute Gasteiger partial charge is 0.421 e. The Balaban J connectivity index is 2.63. The van der Waals surface area contributed by atoms with Crippen molar-refractivity contribution < 1.29 is 24.2 Å². The highest BCUT2D eigenvalue weighted by Gasteiger charge is 2.24. The fourth-order valence-electron chi connectivity index (χ4n) is 0.490. The molecule has 0 aromatic heterocycles. The molecule has 0 unspecified atom stereocenters. The highest BCUT2D eigenvalue weighted by Crippen LogP contribution is 2.02. The molecule has 0 saturated carbocycles. The van der Waals surface area contributed by atoms with Crippen LogP contribution >= 0.6 is 0 Å². The van der Waals surface area contributed by atoms with Crippen molar-refractivity contribution >= 4 is 17.7 Å². The van der Waals surface area contributed by atoms with Gasteiger partial charge in [0.25, 0.3) is 0 Å². The van der Waals surface area contributed by atoms with E-state index >= 15 is 0 Å². The van der Waals surface area contributed by atoms with E-state index in [2.05, 4.69) is 9.78 Å². The second kappa shape index (κ2) is 2.47. The third-order valence-electron chi connectivity index (χ3n) is 0.994. The van der Waals surface area contributed by atoms with Crippen LogP contribution in [0.25, 0.3) is 0 Å². The molecule has 5 heteroatoms. The van der Waals surface area contributed by atoms with E-state index in [9.17, 15) is 14.4 Å². The van der Waals surface area contributed by atoms with Crippen LogP contribution in [0.5, 0.6) is 0 Å². The van der Waals surface area contributed by atoms with Crippen molar-refractivity contribution in [3.63, 3.8) is 0 Å². The van der Waals surface area contributed by atoms with Crippen molar-refractivity contribution in [3.05, 3.63) is 0 Å². The van der Waals surface area contributed by atoms with Gasteiger partial charge in [0.2, 0.25) is 5.78 Å². The summed E-state index contributed by atoms with van der Waals surface area (Å²) in [4.78, 5) is 38.8. The summed E-state index contributed by atoms with van der Waals surface area (Å²) >= 11 is 0. The minimum Gasteiger partial charge on any atom is -0.287 e. The van der Waals surface area contributed by atoms with Gasteiger partial charge in [-0.2, -0.15) is 0 Å². The van der Waals surface area contributed by atoms with Crippen LogP contribution in [-0.2, 0) is 24.2 Å². The summed E-state index contributed by atoms with van der Waals surface area (Å²) < 4.78 is 0. The molecule has 1 rings (SSSR count). The van der Waals surface area contributed by atoms with Crippen LogP contribution in [0.3, 0.4) is 0 Å². The van der Waals surface area contributed by atoms with Crippen LogP contribution in [0.15, 0.2) is 0 Å². The lowest BCUT2D eigenvalue weighted by Crippen LogP contribution is -2.13. The fourth-order valence-corrected chi connectivity index (χ4v) is 0.490. The van der Waals surface area contributed by atoms with Gasteiger partial charge < -0.3 is 0 Å². The lowest BCUT2D eigenvalue weighted by atomic mass is 10.2. The summed E-state index contributed by atoms with van der Waals surface area (Å²) in [6, 6.07) is 0. The van der Waals surface area contributed by atoms with E-state index in [0.29, 0.717) is 0 Å². The molecule has 0 radical (unpaired) electrons. The molecule has 1 aliphatic heterocycles. The zero-order valence-electron chi connectivity index (χ0n) is 4.96. The van der Waals surface area contributed by atoms with E-state index in [1.54, 1.807) is 0 Å². The number of carbonyl (C=O) groups is 3. The second-order valence-corrected chi connectivity index (χ2v) is 1.75. The van der Waals surface area contributed by atoms with Crippen LogP contribution in [0.4, 0.5) is 0 Å². The Morgan fingerprint density at radius 2 is 1.70 bits per heavy atom. The van der Waals surface area contributed by atoms with Gasteiger partial charge >= 0.3 is 11.9 Å². The van der Waals surface area contributed by atoms with Gasteiger partial charge in [-0.1, -0.05) is 0 Å². The smallest absolute Gasteiger partial charge is 0.287 e. The molecule has 0 aromatic rings. The molecule has 0 amide bonds. The molecule has 1 saturated heterocycles. The van der Waals surface area contributed by atoms with E-state index in [4.69, 9.17) is 0 Å². The van der Waals surface area contributed by atoms with Crippen LogP contribution in [0, 0.1) is 0 Å². The average molecular weight is 144 g/mol. The molecule has 54 valence electrons. The fraction of sp³-hybridized carbons (Fsp3) is 0.400. The summed E-state index contributed by atoms with van der Waals surface area (Å²) in [5.74, 6) is -2.53. The van der Waals surface area contributed by atoms with Gasteiger partial charge in [0.1, 0.15) is 0 Å². The zero-order chi connectivity index (χ0) is 7.56. The molecule has 0 N–H and O–H groups in total. The zero-order valence-corrected chi connectivity index (χ0v) is 4.96. The van der Waals surface area contributed by atoms with E-state index in [1.807, 2.05) is 0 Å². The Morgan fingerprint density at radius 1 is 1.00 bits per heavy atom. The first kappa shape index (κ1) is 6.73. The number of hydrogen-bond donors (Lipinski definition) is 0. The standard InChI is InChI=1S/C5H4O5/c6-3-1-2-4(7)9-10-5(3)8/h1-2H2. The van der Waals surface area contributed by atoms with E-state index < -0.39 is 17.7 Å². The molecule has 0 atom stereocenters. The lowest BCUT2D eigenvalue weighted by Gasteiger charge is -1.92. The molecule has 1 fully saturated rings. The summed E-state index contributed by atoms with van der Waals surface area (Å²) in [5.41, 5.74) is 0. The van der Waals surface area contributed by atoms with Crippen molar-refractivity contribution in [3.8, 4) is 0 Å². The Hall–Kier alpha value is -1.39. The van der Waals surface area contributed by atoms with Gasteiger partial charge in [-0.3, -0.25) is 4.79 Å². The Labute approximate surface area is 55.8 Å². The quantitative estimate of drug-likeness (QED) is 0.333. The highest BCUT2D eigenvalue weighted by atomic mass is 17.2. The molecule has 0 aromatic carbocycles. The third kappa shape index (κ3) is 1.31. The molecular weight excluding hydrogens is 140 g/mol. The van der Waals surface area contributed by atoms with Crippen molar-refractivity contribution in [2.45, 2.75) is 12.8 Å². The SMILES string of the molecule is O=C1CCC(=O)C(=O)OO1. The van der Waals surface area contributed by atoms with Crippen molar-refractivity contribution in [1.82, 2.24) is 0 Å². The number of ketones is 1. The number of hydrogen-bond acceptors (Lipinski definition) is 5. The monoisotopic (exact) mass is 144 g/mol.